The molecule has 3 heteroatoms. The highest BCUT2D eigenvalue weighted by Crippen LogP contribution is 2.30. The van der Waals surface area contributed by atoms with Crippen LogP contribution in [0.4, 0.5) is 0 Å². The number of carbonyl (C=O) groups excluding carboxylic acids is 1. The SMILES string of the molecule is Cc1cc(C)c(OCC2CCC2)c(C(=O)CN)c1. The Morgan fingerprint density at radius 2 is 2.11 bits per heavy atom. The summed E-state index contributed by atoms with van der Waals surface area (Å²) in [7, 11) is 0. The van der Waals surface area contributed by atoms with Crippen molar-refractivity contribution in [2.45, 2.75) is 33.1 Å². The smallest absolute Gasteiger partial charge is 0.180 e. The van der Waals surface area contributed by atoms with Gasteiger partial charge in [-0.3, -0.25) is 4.79 Å². The molecule has 0 amide bonds. The zero-order chi connectivity index (χ0) is 13.1. The van der Waals surface area contributed by atoms with Crippen molar-refractivity contribution in [2.75, 3.05) is 13.2 Å². The summed E-state index contributed by atoms with van der Waals surface area (Å²) >= 11 is 0. The van der Waals surface area contributed by atoms with Gasteiger partial charge in [0.2, 0.25) is 0 Å². The second-order valence-corrected chi connectivity index (χ2v) is 5.19. The topological polar surface area (TPSA) is 52.3 Å². The second-order valence-electron chi connectivity index (χ2n) is 5.19. The Bertz CT molecular complexity index is 450. The number of rotatable bonds is 5. The van der Waals surface area contributed by atoms with Gasteiger partial charge in [-0.25, -0.2) is 0 Å². The van der Waals surface area contributed by atoms with Gasteiger partial charge in [0.25, 0.3) is 0 Å². The van der Waals surface area contributed by atoms with Crippen molar-refractivity contribution < 1.29 is 9.53 Å². The Hall–Kier alpha value is -1.35. The number of ketones is 1. The molecule has 0 saturated heterocycles. The van der Waals surface area contributed by atoms with Crippen molar-refractivity contribution in [3.63, 3.8) is 0 Å². The Labute approximate surface area is 108 Å². The molecule has 2 rings (SSSR count). The van der Waals surface area contributed by atoms with Crippen LogP contribution in [0.3, 0.4) is 0 Å². The number of carbonyl (C=O) groups is 1. The summed E-state index contributed by atoms with van der Waals surface area (Å²) < 4.78 is 5.87. The molecular weight excluding hydrogens is 226 g/mol. The summed E-state index contributed by atoms with van der Waals surface area (Å²) in [4.78, 5) is 11.9. The van der Waals surface area contributed by atoms with Crippen LogP contribution in [-0.2, 0) is 0 Å². The number of hydrogen-bond acceptors (Lipinski definition) is 3. The average molecular weight is 247 g/mol. The van der Waals surface area contributed by atoms with Gasteiger partial charge in [0.05, 0.1) is 18.7 Å². The molecule has 1 aliphatic rings. The molecule has 0 aromatic heterocycles. The first-order valence-electron chi connectivity index (χ1n) is 6.59. The van der Waals surface area contributed by atoms with Crippen LogP contribution in [0, 0.1) is 19.8 Å². The number of hydrogen-bond donors (Lipinski definition) is 1. The van der Waals surface area contributed by atoms with Gasteiger partial charge in [-0.05, 0) is 49.8 Å². The summed E-state index contributed by atoms with van der Waals surface area (Å²) in [6, 6.07) is 3.92. The van der Waals surface area contributed by atoms with E-state index in [4.69, 9.17) is 10.5 Å². The lowest BCUT2D eigenvalue weighted by atomic mass is 9.86. The molecule has 0 aliphatic heterocycles. The molecule has 0 bridgehead atoms. The summed E-state index contributed by atoms with van der Waals surface area (Å²) in [5, 5.41) is 0. The monoisotopic (exact) mass is 247 g/mol. The molecule has 1 saturated carbocycles. The quantitative estimate of drug-likeness (QED) is 0.814. The molecule has 1 aromatic carbocycles. The fourth-order valence-corrected chi connectivity index (χ4v) is 2.32. The van der Waals surface area contributed by atoms with Crippen LogP contribution in [0.2, 0.25) is 0 Å². The minimum Gasteiger partial charge on any atom is -0.492 e. The lowest BCUT2D eigenvalue weighted by molar-refractivity contribution is 0.0994. The third-order valence-electron chi connectivity index (χ3n) is 3.59. The van der Waals surface area contributed by atoms with E-state index in [9.17, 15) is 4.79 Å². The predicted molar refractivity (Wildman–Crippen MR) is 72.1 cm³/mol. The second kappa shape index (κ2) is 5.53. The van der Waals surface area contributed by atoms with Crippen LogP contribution in [0.15, 0.2) is 12.1 Å². The van der Waals surface area contributed by atoms with Crippen molar-refractivity contribution >= 4 is 5.78 Å². The number of ether oxygens (including phenoxy) is 1. The van der Waals surface area contributed by atoms with Gasteiger partial charge >= 0.3 is 0 Å². The first-order chi connectivity index (χ1) is 8.61. The van der Waals surface area contributed by atoms with E-state index >= 15 is 0 Å². The van der Waals surface area contributed by atoms with Gasteiger partial charge in [-0.15, -0.1) is 0 Å². The third-order valence-corrected chi connectivity index (χ3v) is 3.59. The number of benzene rings is 1. The van der Waals surface area contributed by atoms with Gasteiger partial charge in [0.15, 0.2) is 5.78 Å². The molecule has 0 heterocycles. The molecule has 0 radical (unpaired) electrons. The van der Waals surface area contributed by atoms with Crippen LogP contribution in [-0.4, -0.2) is 18.9 Å². The first-order valence-corrected chi connectivity index (χ1v) is 6.59. The van der Waals surface area contributed by atoms with E-state index in [1.807, 2.05) is 26.0 Å². The summed E-state index contributed by atoms with van der Waals surface area (Å²) in [5.74, 6) is 1.33. The van der Waals surface area contributed by atoms with E-state index in [2.05, 4.69) is 0 Å². The first kappa shape index (κ1) is 13.1. The zero-order valence-corrected chi connectivity index (χ0v) is 11.2. The van der Waals surface area contributed by atoms with E-state index in [-0.39, 0.29) is 12.3 Å². The lowest BCUT2D eigenvalue weighted by Crippen LogP contribution is -2.21. The Kier molecular flexibility index (Phi) is 4.02. The van der Waals surface area contributed by atoms with Crippen molar-refractivity contribution in [1.82, 2.24) is 0 Å². The fraction of sp³-hybridized carbons (Fsp3) is 0.533. The van der Waals surface area contributed by atoms with Crippen LogP contribution in [0.1, 0.15) is 40.7 Å². The van der Waals surface area contributed by atoms with Crippen LogP contribution in [0.25, 0.3) is 0 Å². The van der Waals surface area contributed by atoms with E-state index in [0.717, 1.165) is 23.5 Å². The van der Waals surface area contributed by atoms with Gasteiger partial charge in [0.1, 0.15) is 5.75 Å². The normalized spacial score (nSPS) is 15.3. The van der Waals surface area contributed by atoms with Crippen molar-refractivity contribution in [3.8, 4) is 5.75 Å². The maximum atomic E-state index is 11.9. The number of aryl methyl sites for hydroxylation is 2. The molecule has 1 fully saturated rings. The molecule has 18 heavy (non-hydrogen) atoms. The fourth-order valence-electron chi connectivity index (χ4n) is 2.32. The molecule has 0 spiro atoms. The average Bonchev–Trinajstić information content (AvgIpc) is 2.28. The maximum Gasteiger partial charge on any atom is 0.180 e. The highest BCUT2D eigenvalue weighted by Gasteiger charge is 2.20. The largest absolute Gasteiger partial charge is 0.492 e. The molecule has 2 N–H and O–H groups in total. The summed E-state index contributed by atoms with van der Waals surface area (Å²) in [5.41, 5.74) is 8.18. The highest BCUT2D eigenvalue weighted by atomic mass is 16.5. The predicted octanol–water partition coefficient (Wildman–Crippen LogP) is 2.62. The van der Waals surface area contributed by atoms with Crippen LogP contribution < -0.4 is 10.5 Å². The minimum absolute atomic E-state index is 0.0304. The van der Waals surface area contributed by atoms with Gasteiger partial charge in [-0.1, -0.05) is 12.5 Å². The lowest BCUT2D eigenvalue weighted by Gasteiger charge is -2.26. The zero-order valence-electron chi connectivity index (χ0n) is 11.2. The number of nitrogens with two attached hydrogens (primary N) is 1. The Morgan fingerprint density at radius 3 is 2.67 bits per heavy atom. The Balaban J connectivity index is 2.21. The van der Waals surface area contributed by atoms with Gasteiger partial charge < -0.3 is 10.5 Å². The molecule has 1 aliphatic carbocycles. The van der Waals surface area contributed by atoms with Crippen molar-refractivity contribution in [3.05, 3.63) is 28.8 Å². The highest BCUT2D eigenvalue weighted by molar-refractivity contribution is 6.00. The molecule has 3 nitrogen and oxygen atoms in total. The third kappa shape index (κ3) is 2.72. The molecule has 0 unspecified atom stereocenters. The summed E-state index contributed by atoms with van der Waals surface area (Å²) in [6.45, 7) is 4.71. The number of Topliss-reactive ketones (excluding diaryl/α,β-unsaturated/α-hetero) is 1. The van der Waals surface area contributed by atoms with Crippen molar-refractivity contribution in [1.29, 1.82) is 0 Å². The van der Waals surface area contributed by atoms with Gasteiger partial charge in [0, 0.05) is 0 Å². The molecule has 1 aromatic rings. The minimum atomic E-state index is -0.0505. The van der Waals surface area contributed by atoms with E-state index in [1.54, 1.807) is 0 Å². The van der Waals surface area contributed by atoms with Gasteiger partial charge in [-0.2, -0.15) is 0 Å². The van der Waals surface area contributed by atoms with Crippen LogP contribution >= 0.6 is 0 Å². The maximum absolute atomic E-state index is 11.9. The standard InChI is InChI=1S/C15H21NO2/c1-10-6-11(2)15(13(7-10)14(17)8-16)18-9-12-4-3-5-12/h6-7,12H,3-5,8-9,16H2,1-2H3. The van der Waals surface area contributed by atoms with E-state index in [0.29, 0.717) is 11.5 Å². The van der Waals surface area contributed by atoms with E-state index in [1.165, 1.54) is 19.3 Å². The van der Waals surface area contributed by atoms with E-state index < -0.39 is 0 Å². The molecular formula is C15H21NO2. The molecule has 98 valence electrons. The Morgan fingerprint density at radius 1 is 1.39 bits per heavy atom. The van der Waals surface area contributed by atoms with Crippen LogP contribution in [0.5, 0.6) is 5.75 Å². The van der Waals surface area contributed by atoms with Crippen molar-refractivity contribution in [2.24, 2.45) is 11.7 Å². The molecule has 0 atom stereocenters. The summed E-state index contributed by atoms with van der Waals surface area (Å²) in [6.07, 6.45) is 3.78.